The van der Waals surface area contributed by atoms with Crippen molar-refractivity contribution < 1.29 is 9.53 Å². The Morgan fingerprint density at radius 2 is 2.29 bits per heavy atom. The maximum atomic E-state index is 12.1. The summed E-state index contributed by atoms with van der Waals surface area (Å²) >= 11 is 1.55. The Hall–Kier alpha value is -0.940. The van der Waals surface area contributed by atoms with Crippen molar-refractivity contribution in [2.45, 2.75) is 45.8 Å². The van der Waals surface area contributed by atoms with Crippen molar-refractivity contribution in [1.29, 1.82) is 0 Å². The Bertz CT molecular complexity index is 349. The van der Waals surface area contributed by atoms with Crippen LogP contribution in [0.15, 0.2) is 11.6 Å². The van der Waals surface area contributed by atoms with E-state index in [0.29, 0.717) is 6.61 Å². The summed E-state index contributed by atoms with van der Waals surface area (Å²) in [7, 11) is 0. The topological polar surface area (TPSA) is 51.2 Å². The SMILES string of the molecule is CCOC(C)(C)C(=O)N[C@H](CC)c1nccs1. The molecule has 4 nitrogen and oxygen atoms in total. The fourth-order valence-electron chi connectivity index (χ4n) is 1.50. The standard InChI is InChI=1S/C12H20N2O2S/c1-5-9(10-13-7-8-17-10)14-11(15)12(3,4)16-6-2/h7-9H,5-6H2,1-4H3,(H,14,15)/t9-/m1/s1. The maximum Gasteiger partial charge on any atom is 0.252 e. The first-order valence-corrected chi connectivity index (χ1v) is 6.73. The quantitative estimate of drug-likeness (QED) is 0.851. The molecule has 0 saturated heterocycles. The molecule has 1 N–H and O–H groups in total. The Morgan fingerprint density at radius 3 is 2.76 bits per heavy atom. The Balaban J connectivity index is 2.66. The van der Waals surface area contributed by atoms with Crippen molar-refractivity contribution in [1.82, 2.24) is 10.3 Å². The zero-order chi connectivity index (χ0) is 12.9. The van der Waals surface area contributed by atoms with E-state index < -0.39 is 5.60 Å². The molecule has 0 bridgehead atoms. The monoisotopic (exact) mass is 256 g/mol. The predicted molar refractivity (Wildman–Crippen MR) is 69.0 cm³/mol. The molecule has 17 heavy (non-hydrogen) atoms. The molecule has 0 unspecified atom stereocenters. The van der Waals surface area contributed by atoms with Crippen LogP contribution in [0.3, 0.4) is 0 Å². The van der Waals surface area contributed by atoms with Gasteiger partial charge in [-0.05, 0) is 27.2 Å². The molecule has 0 aromatic carbocycles. The number of carbonyl (C=O) groups is 1. The molecule has 1 heterocycles. The van der Waals surface area contributed by atoms with E-state index in [1.54, 1.807) is 31.4 Å². The minimum Gasteiger partial charge on any atom is -0.366 e. The molecular formula is C12H20N2O2S. The highest BCUT2D eigenvalue weighted by atomic mass is 32.1. The average molecular weight is 256 g/mol. The molecule has 0 aliphatic rings. The molecule has 5 heteroatoms. The second kappa shape index (κ2) is 6.12. The van der Waals surface area contributed by atoms with Crippen molar-refractivity contribution >= 4 is 17.2 Å². The van der Waals surface area contributed by atoms with Crippen LogP contribution in [-0.4, -0.2) is 23.1 Å². The largest absolute Gasteiger partial charge is 0.366 e. The van der Waals surface area contributed by atoms with E-state index in [1.807, 2.05) is 19.2 Å². The van der Waals surface area contributed by atoms with Gasteiger partial charge in [-0.1, -0.05) is 6.92 Å². The van der Waals surface area contributed by atoms with Gasteiger partial charge in [0.15, 0.2) is 0 Å². The first-order valence-electron chi connectivity index (χ1n) is 5.85. The second-order valence-corrected chi connectivity index (χ2v) is 5.17. The van der Waals surface area contributed by atoms with Crippen LogP contribution in [0, 0.1) is 0 Å². The summed E-state index contributed by atoms with van der Waals surface area (Å²) in [6.07, 6.45) is 2.57. The molecule has 0 spiro atoms. The lowest BCUT2D eigenvalue weighted by molar-refractivity contribution is -0.143. The van der Waals surface area contributed by atoms with Crippen molar-refractivity contribution in [3.05, 3.63) is 16.6 Å². The van der Waals surface area contributed by atoms with E-state index >= 15 is 0 Å². The van der Waals surface area contributed by atoms with Gasteiger partial charge in [0.05, 0.1) is 6.04 Å². The Labute approximate surface area is 106 Å². The predicted octanol–water partition coefficient (Wildman–Crippen LogP) is 2.53. The van der Waals surface area contributed by atoms with E-state index in [1.165, 1.54) is 0 Å². The van der Waals surface area contributed by atoms with Gasteiger partial charge in [0.1, 0.15) is 10.6 Å². The lowest BCUT2D eigenvalue weighted by Gasteiger charge is -2.26. The van der Waals surface area contributed by atoms with Gasteiger partial charge in [0.2, 0.25) is 0 Å². The summed E-state index contributed by atoms with van der Waals surface area (Å²) in [5, 5.41) is 5.83. The number of amides is 1. The van der Waals surface area contributed by atoms with Crippen LogP contribution >= 0.6 is 11.3 Å². The molecule has 0 aliphatic heterocycles. The first-order chi connectivity index (χ1) is 8.01. The van der Waals surface area contributed by atoms with Crippen molar-refractivity contribution in [2.24, 2.45) is 0 Å². The number of nitrogens with one attached hydrogen (secondary N) is 1. The number of carbonyl (C=O) groups excluding carboxylic acids is 1. The van der Waals surface area contributed by atoms with Crippen molar-refractivity contribution in [2.75, 3.05) is 6.61 Å². The Kier molecular flexibility index (Phi) is 5.08. The third-order valence-corrected chi connectivity index (χ3v) is 3.40. The van der Waals surface area contributed by atoms with Crippen LogP contribution in [0.1, 0.15) is 45.2 Å². The van der Waals surface area contributed by atoms with E-state index in [9.17, 15) is 4.79 Å². The average Bonchev–Trinajstić information content (AvgIpc) is 2.78. The fraction of sp³-hybridized carbons (Fsp3) is 0.667. The maximum absolute atomic E-state index is 12.1. The van der Waals surface area contributed by atoms with Gasteiger partial charge in [-0.15, -0.1) is 11.3 Å². The third kappa shape index (κ3) is 3.78. The van der Waals surface area contributed by atoms with Crippen LogP contribution in [0.5, 0.6) is 0 Å². The smallest absolute Gasteiger partial charge is 0.252 e. The van der Waals surface area contributed by atoms with Gasteiger partial charge in [0.25, 0.3) is 5.91 Å². The summed E-state index contributed by atoms with van der Waals surface area (Å²) in [6, 6.07) is -0.0257. The highest BCUT2D eigenvalue weighted by Gasteiger charge is 2.30. The van der Waals surface area contributed by atoms with Crippen LogP contribution in [0.4, 0.5) is 0 Å². The second-order valence-electron chi connectivity index (χ2n) is 4.25. The highest BCUT2D eigenvalue weighted by Crippen LogP contribution is 2.20. The van der Waals surface area contributed by atoms with E-state index in [4.69, 9.17) is 4.74 Å². The zero-order valence-corrected chi connectivity index (χ0v) is 11.6. The minimum absolute atomic E-state index is 0.0257. The summed E-state index contributed by atoms with van der Waals surface area (Å²) in [5.74, 6) is -0.0959. The number of ether oxygens (including phenoxy) is 1. The number of thiazole rings is 1. The van der Waals surface area contributed by atoms with Gasteiger partial charge >= 0.3 is 0 Å². The van der Waals surface area contributed by atoms with Crippen LogP contribution in [0.2, 0.25) is 0 Å². The zero-order valence-electron chi connectivity index (χ0n) is 10.8. The summed E-state index contributed by atoms with van der Waals surface area (Å²) in [5.41, 5.74) is -0.792. The molecular weight excluding hydrogens is 236 g/mol. The lowest BCUT2D eigenvalue weighted by atomic mass is 10.1. The van der Waals surface area contributed by atoms with Gasteiger partial charge in [-0.2, -0.15) is 0 Å². The molecule has 96 valence electrons. The van der Waals surface area contributed by atoms with E-state index in [-0.39, 0.29) is 11.9 Å². The fourth-order valence-corrected chi connectivity index (χ4v) is 2.28. The molecule has 1 atom stereocenters. The molecule has 1 amide bonds. The Morgan fingerprint density at radius 1 is 1.59 bits per heavy atom. The number of hydrogen-bond donors (Lipinski definition) is 1. The molecule has 0 saturated carbocycles. The molecule has 0 fully saturated rings. The third-order valence-electron chi connectivity index (χ3n) is 2.52. The van der Waals surface area contributed by atoms with Gasteiger partial charge in [0, 0.05) is 18.2 Å². The summed E-state index contributed by atoms with van der Waals surface area (Å²) < 4.78 is 5.42. The number of nitrogens with zero attached hydrogens (tertiary/aromatic N) is 1. The van der Waals surface area contributed by atoms with Gasteiger partial charge in [-0.25, -0.2) is 4.98 Å². The number of rotatable bonds is 6. The van der Waals surface area contributed by atoms with Crippen LogP contribution in [-0.2, 0) is 9.53 Å². The molecule has 0 aliphatic carbocycles. The minimum atomic E-state index is -0.792. The highest BCUT2D eigenvalue weighted by molar-refractivity contribution is 7.09. The molecule has 1 aromatic rings. The number of aromatic nitrogens is 1. The first kappa shape index (κ1) is 14.1. The van der Waals surface area contributed by atoms with Crippen molar-refractivity contribution in [3.8, 4) is 0 Å². The van der Waals surface area contributed by atoms with Crippen LogP contribution < -0.4 is 5.32 Å². The molecule has 1 rings (SSSR count). The normalized spacial score (nSPS) is 13.4. The van der Waals surface area contributed by atoms with Crippen molar-refractivity contribution in [3.63, 3.8) is 0 Å². The summed E-state index contributed by atoms with van der Waals surface area (Å²) in [6.45, 7) is 7.99. The van der Waals surface area contributed by atoms with Crippen LogP contribution in [0.25, 0.3) is 0 Å². The number of hydrogen-bond acceptors (Lipinski definition) is 4. The summed E-state index contributed by atoms with van der Waals surface area (Å²) in [4.78, 5) is 16.3. The van der Waals surface area contributed by atoms with E-state index in [2.05, 4.69) is 10.3 Å². The molecule has 1 aromatic heterocycles. The van der Waals surface area contributed by atoms with Gasteiger partial charge in [-0.3, -0.25) is 4.79 Å². The van der Waals surface area contributed by atoms with E-state index in [0.717, 1.165) is 11.4 Å². The van der Waals surface area contributed by atoms with Gasteiger partial charge < -0.3 is 10.1 Å². The lowest BCUT2D eigenvalue weighted by Crippen LogP contribution is -2.45. The molecule has 0 radical (unpaired) electrons.